The average molecular weight is 257 g/mol. The molecule has 0 heterocycles. The van der Waals surface area contributed by atoms with Crippen LogP contribution in [0.5, 0.6) is 0 Å². The number of hydrogen-bond donors (Lipinski definition) is 2. The molecule has 0 saturated carbocycles. The smallest absolute Gasteiger partial charge is 0.179 e. The molecule has 0 bridgehead atoms. The van der Waals surface area contributed by atoms with Crippen LogP contribution in [0.2, 0.25) is 0 Å². The largest absolute Gasteiger partial charge is 0.396 e. The topological polar surface area (TPSA) is 80.4 Å². The first-order valence-electron chi connectivity index (χ1n) is 5.53. The van der Waals surface area contributed by atoms with E-state index in [2.05, 4.69) is 0 Å². The predicted molar refractivity (Wildman–Crippen MR) is 67.6 cm³/mol. The third kappa shape index (κ3) is 3.80. The summed E-state index contributed by atoms with van der Waals surface area (Å²) in [6.07, 6.45) is 0.296. The molecule has 0 spiro atoms. The van der Waals surface area contributed by atoms with Gasteiger partial charge in [0.05, 0.1) is 10.6 Å². The number of nitrogens with two attached hydrogens (primary N) is 1. The molecule has 0 saturated heterocycles. The van der Waals surface area contributed by atoms with Crippen molar-refractivity contribution in [3.8, 4) is 0 Å². The van der Waals surface area contributed by atoms with Gasteiger partial charge in [-0.3, -0.25) is 0 Å². The molecule has 5 heteroatoms. The molecule has 0 radical (unpaired) electrons. The first-order chi connectivity index (χ1) is 7.86. The lowest BCUT2D eigenvalue weighted by Crippen LogP contribution is -2.30. The van der Waals surface area contributed by atoms with Crippen LogP contribution in [0.15, 0.2) is 23.1 Å². The molecule has 1 aromatic rings. The van der Waals surface area contributed by atoms with Crippen LogP contribution in [-0.4, -0.2) is 31.9 Å². The van der Waals surface area contributed by atoms with Crippen LogP contribution in [0.25, 0.3) is 0 Å². The van der Waals surface area contributed by atoms with Crippen molar-refractivity contribution in [1.29, 1.82) is 0 Å². The molecule has 1 rings (SSSR count). The van der Waals surface area contributed by atoms with Crippen LogP contribution in [0.3, 0.4) is 0 Å². The molecule has 0 amide bonds. The number of sulfone groups is 1. The minimum absolute atomic E-state index is 0.0936. The Kier molecular flexibility index (Phi) is 4.68. The summed E-state index contributed by atoms with van der Waals surface area (Å²) in [5, 5.41) is 8.71. The van der Waals surface area contributed by atoms with E-state index >= 15 is 0 Å². The fraction of sp³-hybridized carbons (Fsp3) is 0.500. The number of aliphatic hydroxyl groups is 1. The maximum absolute atomic E-state index is 12.0. The highest BCUT2D eigenvalue weighted by Crippen LogP contribution is 2.16. The van der Waals surface area contributed by atoms with Gasteiger partial charge in [-0.25, -0.2) is 8.42 Å². The highest BCUT2D eigenvalue weighted by atomic mass is 32.2. The maximum atomic E-state index is 12.0. The zero-order valence-corrected chi connectivity index (χ0v) is 11.0. The molecule has 1 aromatic carbocycles. The molecule has 1 unspecified atom stereocenters. The molecule has 1 atom stereocenters. The van der Waals surface area contributed by atoms with E-state index in [1.54, 1.807) is 18.2 Å². The van der Waals surface area contributed by atoms with Crippen molar-refractivity contribution in [2.24, 2.45) is 5.73 Å². The summed E-state index contributed by atoms with van der Waals surface area (Å²) in [5.74, 6) is -0.129. The first kappa shape index (κ1) is 14.2. The highest BCUT2D eigenvalue weighted by Gasteiger charge is 2.18. The van der Waals surface area contributed by atoms with Gasteiger partial charge < -0.3 is 10.8 Å². The van der Waals surface area contributed by atoms with Gasteiger partial charge in [-0.1, -0.05) is 6.07 Å². The second kappa shape index (κ2) is 5.62. The fourth-order valence-electron chi connectivity index (χ4n) is 1.53. The zero-order valence-electron chi connectivity index (χ0n) is 10.2. The van der Waals surface area contributed by atoms with Crippen molar-refractivity contribution in [3.63, 3.8) is 0 Å². The fourth-order valence-corrected chi connectivity index (χ4v) is 3.09. The SMILES string of the molecule is Cc1ccc(S(=O)(=O)CC(N)CCO)cc1C. The minimum Gasteiger partial charge on any atom is -0.396 e. The Balaban J connectivity index is 2.93. The van der Waals surface area contributed by atoms with Crippen molar-refractivity contribution in [1.82, 2.24) is 0 Å². The minimum atomic E-state index is -3.36. The first-order valence-corrected chi connectivity index (χ1v) is 7.18. The van der Waals surface area contributed by atoms with Crippen LogP contribution in [0, 0.1) is 13.8 Å². The van der Waals surface area contributed by atoms with Crippen LogP contribution in [0.1, 0.15) is 17.5 Å². The Morgan fingerprint density at radius 2 is 1.94 bits per heavy atom. The zero-order chi connectivity index (χ0) is 13.1. The Labute approximate surface area is 102 Å². The van der Waals surface area contributed by atoms with Crippen molar-refractivity contribution in [2.75, 3.05) is 12.4 Å². The van der Waals surface area contributed by atoms with Gasteiger partial charge in [-0.05, 0) is 43.5 Å². The van der Waals surface area contributed by atoms with Crippen molar-refractivity contribution in [3.05, 3.63) is 29.3 Å². The van der Waals surface area contributed by atoms with Gasteiger partial charge in [0.15, 0.2) is 9.84 Å². The van der Waals surface area contributed by atoms with E-state index in [0.29, 0.717) is 11.3 Å². The summed E-state index contributed by atoms with van der Waals surface area (Å²) < 4.78 is 24.0. The third-order valence-electron chi connectivity index (χ3n) is 2.77. The number of aryl methyl sites for hydroxylation is 2. The lowest BCUT2D eigenvalue weighted by molar-refractivity contribution is 0.279. The van der Waals surface area contributed by atoms with Crippen LogP contribution >= 0.6 is 0 Å². The van der Waals surface area contributed by atoms with Gasteiger partial charge in [0.25, 0.3) is 0 Å². The Morgan fingerprint density at radius 3 is 2.47 bits per heavy atom. The summed E-state index contributed by atoms with van der Waals surface area (Å²) >= 11 is 0. The normalized spacial score (nSPS) is 13.6. The summed E-state index contributed by atoms with van der Waals surface area (Å²) in [5.41, 5.74) is 7.64. The van der Waals surface area contributed by atoms with Crippen molar-refractivity contribution >= 4 is 9.84 Å². The molecule has 0 aliphatic rings. The van der Waals surface area contributed by atoms with E-state index in [1.165, 1.54) is 0 Å². The molecule has 4 nitrogen and oxygen atoms in total. The molecule has 0 aliphatic carbocycles. The highest BCUT2D eigenvalue weighted by molar-refractivity contribution is 7.91. The van der Waals surface area contributed by atoms with Gasteiger partial charge >= 0.3 is 0 Å². The molecule has 17 heavy (non-hydrogen) atoms. The molecule has 0 aliphatic heterocycles. The second-order valence-corrected chi connectivity index (χ2v) is 6.33. The Hall–Kier alpha value is -0.910. The van der Waals surface area contributed by atoms with Gasteiger partial charge in [-0.2, -0.15) is 0 Å². The molecule has 3 N–H and O–H groups in total. The van der Waals surface area contributed by atoms with E-state index in [9.17, 15) is 8.42 Å². The van der Waals surface area contributed by atoms with E-state index in [1.807, 2.05) is 13.8 Å². The lowest BCUT2D eigenvalue weighted by Gasteiger charge is -2.11. The van der Waals surface area contributed by atoms with E-state index < -0.39 is 15.9 Å². The molecule has 0 aromatic heterocycles. The van der Waals surface area contributed by atoms with Crippen LogP contribution in [0.4, 0.5) is 0 Å². The average Bonchev–Trinajstić information content (AvgIpc) is 2.21. The molecule has 0 fully saturated rings. The van der Waals surface area contributed by atoms with Gasteiger partial charge in [0.2, 0.25) is 0 Å². The van der Waals surface area contributed by atoms with Gasteiger partial charge in [0, 0.05) is 12.6 Å². The Bertz CT molecular complexity index is 483. The van der Waals surface area contributed by atoms with Crippen molar-refractivity contribution in [2.45, 2.75) is 31.2 Å². The summed E-state index contributed by atoms with van der Waals surface area (Å²) in [4.78, 5) is 0.300. The van der Waals surface area contributed by atoms with Crippen molar-refractivity contribution < 1.29 is 13.5 Å². The number of aliphatic hydroxyl groups excluding tert-OH is 1. The van der Waals surface area contributed by atoms with Gasteiger partial charge in [-0.15, -0.1) is 0 Å². The van der Waals surface area contributed by atoms with E-state index in [0.717, 1.165) is 11.1 Å². The standard InChI is InChI=1S/C12H19NO3S/c1-9-3-4-12(7-10(9)2)17(15,16)8-11(13)5-6-14/h3-4,7,11,14H,5-6,8,13H2,1-2H3. The monoisotopic (exact) mass is 257 g/mol. The number of hydrogen-bond acceptors (Lipinski definition) is 4. The van der Waals surface area contributed by atoms with Crippen LogP contribution in [-0.2, 0) is 9.84 Å². The summed E-state index contributed by atoms with van der Waals surface area (Å²) in [6, 6.07) is 4.53. The molecular weight excluding hydrogens is 238 g/mol. The van der Waals surface area contributed by atoms with E-state index in [4.69, 9.17) is 10.8 Å². The summed E-state index contributed by atoms with van der Waals surface area (Å²) in [6.45, 7) is 3.72. The lowest BCUT2D eigenvalue weighted by atomic mass is 10.1. The molecular formula is C12H19NO3S. The quantitative estimate of drug-likeness (QED) is 0.817. The second-order valence-electron chi connectivity index (χ2n) is 4.30. The molecule has 96 valence electrons. The number of benzene rings is 1. The third-order valence-corrected chi connectivity index (χ3v) is 4.61. The number of rotatable bonds is 5. The van der Waals surface area contributed by atoms with Crippen LogP contribution < -0.4 is 5.73 Å². The van der Waals surface area contributed by atoms with E-state index in [-0.39, 0.29) is 12.4 Å². The Morgan fingerprint density at radius 1 is 1.29 bits per heavy atom. The van der Waals surface area contributed by atoms with Gasteiger partial charge in [0.1, 0.15) is 0 Å². The predicted octanol–water partition coefficient (Wildman–Crippen LogP) is 0.787. The maximum Gasteiger partial charge on any atom is 0.179 e. The summed E-state index contributed by atoms with van der Waals surface area (Å²) in [7, 11) is -3.36.